The number of amides is 1. The van der Waals surface area contributed by atoms with Gasteiger partial charge in [-0.2, -0.15) is 10.2 Å². The highest BCUT2D eigenvalue weighted by molar-refractivity contribution is 7.52. The highest BCUT2D eigenvalue weighted by Gasteiger charge is 2.61. The number of para-hydroxylation sites is 1. The third kappa shape index (κ3) is 6.66. The Morgan fingerprint density at radius 1 is 1.19 bits per heavy atom. The fraction of sp³-hybridized carbons (Fsp3) is 0.481. The highest BCUT2D eigenvalue weighted by Crippen LogP contribution is 2.47. The zero-order valence-electron chi connectivity index (χ0n) is 24.0. The fourth-order valence-corrected chi connectivity index (χ4v) is 6.25. The number of nitrogens with zero attached hydrogens (tertiary/aromatic N) is 3. The zero-order chi connectivity index (χ0) is 31.4. The molecule has 0 bridgehead atoms. The maximum atomic E-state index is 13.9. The molecule has 3 aromatic rings. The number of rotatable bonds is 14. The number of aromatic nitrogens is 3. The predicted molar refractivity (Wildman–Crippen MR) is 153 cm³/mol. The van der Waals surface area contributed by atoms with Gasteiger partial charge in [0.05, 0.1) is 18.9 Å². The Morgan fingerprint density at radius 3 is 2.53 bits per heavy atom. The molecule has 0 radical (unpaired) electrons. The first kappa shape index (κ1) is 32.3. The van der Waals surface area contributed by atoms with Crippen molar-refractivity contribution < 1.29 is 42.9 Å². The van der Waals surface area contributed by atoms with Crippen LogP contribution in [0, 0.1) is 5.92 Å². The SMILES string of the molecule is CCC(CC)COC(=O)[C@H](C)NP(=O)(OC[C@H]1O[C@@](C(N)=O)(c2ccc3c(N)ncnn23)[C@H](O)[C@@H]1O)Oc1ccccc1. The molecule has 7 N–H and O–H groups in total. The van der Waals surface area contributed by atoms with Gasteiger partial charge in [-0.05, 0) is 37.1 Å². The van der Waals surface area contributed by atoms with Crippen LogP contribution in [0.15, 0.2) is 48.8 Å². The average molecular weight is 621 g/mol. The smallest absolute Gasteiger partial charge is 0.459 e. The minimum absolute atomic E-state index is 0.0196. The summed E-state index contributed by atoms with van der Waals surface area (Å²) >= 11 is 0. The third-order valence-electron chi connectivity index (χ3n) is 7.39. The normalized spacial score (nSPS) is 24.1. The Kier molecular flexibility index (Phi) is 10.1. The van der Waals surface area contributed by atoms with Gasteiger partial charge in [0.25, 0.3) is 5.91 Å². The number of anilines is 1. The van der Waals surface area contributed by atoms with E-state index in [9.17, 15) is 24.4 Å². The number of aliphatic hydroxyl groups excluding tert-OH is 2. The van der Waals surface area contributed by atoms with Gasteiger partial charge >= 0.3 is 13.7 Å². The molecule has 6 atom stereocenters. The summed E-state index contributed by atoms with van der Waals surface area (Å²) in [6, 6.07) is 9.86. The topological polar surface area (TPSA) is 223 Å². The van der Waals surface area contributed by atoms with E-state index >= 15 is 0 Å². The fourth-order valence-electron chi connectivity index (χ4n) is 4.75. The van der Waals surface area contributed by atoms with Crippen LogP contribution in [0.3, 0.4) is 0 Å². The van der Waals surface area contributed by atoms with E-state index in [1.165, 1.54) is 35.7 Å². The molecule has 1 unspecified atom stereocenters. The zero-order valence-corrected chi connectivity index (χ0v) is 24.9. The maximum absolute atomic E-state index is 13.9. The Bertz CT molecular complexity index is 1470. The maximum Gasteiger partial charge on any atom is 0.459 e. The van der Waals surface area contributed by atoms with Crippen LogP contribution in [-0.2, 0) is 33.8 Å². The van der Waals surface area contributed by atoms with Crippen LogP contribution in [-0.4, -0.2) is 74.3 Å². The van der Waals surface area contributed by atoms with Gasteiger partial charge < -0.3 is 35.7 Å². The molecule has 2 aromatic heterocycles. The third-order valence-corrected chi connectivity index (χ3v) is 9.03. The van der Waals surface area contributed by atoms with Gasteiger partial charge in [-0.15, -0.1) is 0 Å². The standard InChI is InChI=1S/C27H37N6O9P/c1-4-17(5-2)13-39-25(36)16(3)32-43(38,42-18-9-7-6-8-10-18)40-14-20-22(34)23(35)27(41-20,26(29)37)21-12-11-19-24(28)30-15-31-33(19)21/h6-12,15-17,20,22-23,34-35H,4-5,13-14H2,1-3H3,(H2,29,37)(H,32,38)(H2,28,30,31)/t16-,20+,22+,23+,27-,43?/m0/s1. The molecule has 1 amide bonds. The van der Waals surface area contributed by atoms with Crippen molar-refractivity contribution >= 4 is 31.0 Å². The van der Waals surface area contributed by atoms with Crippen LogP contribution in [0.1, 0.15) is 39.3 Å². The minimum atomic E-state index is -4.36. The molecule has 4 rings (SSSR count). The van der Waals surface area contributed by atoms with Crippen LogP contribution in [0.4, 0.5) is 5.82 Å². The van der Waals surface area contributed by atoms with Crippen LogP contribution < -0.4 is 21.1 Å². The van der Waals surface area contributed by atoms with Crippen LogP contribution >= 0.6 is 7.75 Å². The summed E-state index contributed by atoms with van der Waals surface area (Å²) in [5.74, 6) is -1.37. The number of carbonyl (C=O) groups is 2. The second-order valence-electron chi connectivity index (χ2n) is 10.2. The highest BCUT2D eigenvalue weighted by atomic mass is 31.2. The number of fused-ring (bicyclic) bond motifs is 1. The first-order chi connectivity index (χ1) is 20.5. The number of nitrogens with one attached hydrogen (secondary N) is 1. The summed E-state index contributed by atoms with van der Waals surface area (Å²) in [7, 11) is -4.36. The second kappa shape index (κ2) is 13.4. The van der Waals surface area contributed by atoms with E-state index in [0.717, 1.165) is 19.2 Å². The number of primary amides is 1. The Labute approximate surface area is 248 Å². The number of ether oxygens (including phenoxy) is 2. The number of esters is 1. The van der Waals surface area contributed by atoms with Gasteiger partial charge in [0.2, 0.25) is 5.60 Å². The largest absolute Gasteiger partial charge is 0.464 e. The first-order valence-corrected chi connectivity index (χ1v) is 15.4. The molecular formula is C27H37N6O9P. The monoisotopic (exact) mass is 620 g/mol. The van der Waals surface area contributed by atoms with E-state index in [2.05, 4.69) is 15.2 Å². The van der Waals surface area contributed by atoms with E-state index < -0.39 is 56.2 Å². The Hall–Kier alpha value is -3.59. The molecule has 0 saturated carbocycles. The summed E-state index contributed by atoms with van der Waals surface area (Å²) in [5.41, 5.74) is 9.61. The van der Waals surface area contributed by atoms with Crippen molar-refractivity contribution in [2.45, 2.75) is 63.6 Å². The van der Waals surface area contributed by atoms with E-state index in [-0.39, 0.29) is 29.8 Å². The van der Waals surface area contributed by atoms with Gasteiger partial charge in [-0.1, -0.05) is 44.9 Å². The van der Waals surface area contributed by atoms with Crippen molar-refractivity contribution in [2.24, 2.45) is 11.7 Å². The number of hydrogen-bond donors (Lipinski definition) is 5. The first-order valence-electron chi connectivity index (χ1n) is 13.8. The summed E-state index contributed by atoms with van der Waals surface area (Å²) < 4.78 is 37.7. The lowest BCUT2D eigenvalue weighted by Gasteiger charge is -2.28. The molecule has 1 aliphatic rings. The molecule has 43 heavy (non-hydrogen) atoms. The van der Waals surface area contributed by atoms with Crippen molar-refractivity contribution in [2.75, 3.05) is 18.9 Å². The molecule has 1 saturated heterocycles. The lowest BCUT2D eigenvalue weighted by molar-refractivity contribution is -0.155. The molecule has 234 valence electrons. The summed E-state index contributed by atoms with van der Waals surface area (Å²) in [4.78, 5) is 29.4. The van der Waals surface area contributed by atoms with Crippen molar-refractivity contribution in [1.29, 1.82) is 0 Å². The molecule has 1 aliphatic heterocycles. The molecule has 3 heterocycles. The second-order valence-corrected chi connectivity index (χ2v) is 11.9. The molecule has 15 nitrogen and oxygen atoms in total. The molecule has 16 heteroatoms. The number of nitrogen functional groups attached to an aromatic ring is 1. The van der Waals surface area contributed by atoms with Crippen molar-refractivity contribution in [3.63, 3.8) is 0 Å². The molecular weight excluding hydrogens is 583 g/mol. The lowest BCUT2D eigenvalue weighted by atomic mass is 9.90. The Balaban J connectivity index is 1.56. The van der Waals surface area contributed by atoms with Crippen molar-refractivity contribution in [3.05, 3.63) is 54.5 Å². The molecule has 0 aliphatic carbocycles. The van der Waals surface area contributed by atoms with Gasteiger partial charge in [0.1, 0.15) is 41.9 Å². The van der Waals surface area contributed by atoms with Crippen LogP contribution in [0.2, 0.25) is 0 Å². The van der Waals surface area contributed by atoms with Gasteiger partial charge in [0, 0.05) is 0 Å². The van der Waals surface area contributed by atoms with E-state index in [1.807, 2.05) is 13.8 Å². The van der Waals surface area contributed by atoms with Gasteiger partial charge in [0.15, 0.2) is 5.82 Å². The summed E-state index contributed by atoms with van der Waals surface area (Å²) in [5, 5.41) is 28.7. The minimum Gasteiger partial charge on any atom is -0.464 e. The van der Waals surface area contributed by atoms with E-state index in [0.29, 0.717) is 5.52 Å². The molecule has 0 spiro atoms. The van der Waals surface area contributed by atoms with Crippen molar-refractivity contribution in [1.82, 2.24) is 19.7 Å². The summed E-state index contributed by atoms with van der Waals surface area (Å²) in [6.45, 7) is 4.96. The number of aliphatic hydroxyl groups is 2. The van der Waals surface area contributed by atoms with Crippen LogP contribution in [0.5, 0.6) is 5.75 Å². The van der Waals surface area contributed by atoms with E-state index in [1.54, 1.807) is 18.2 Å². The quantitative estimate of drug-likeness (QED) is 0.127. The predicted octanol–water partition coefficient (Wildman–Crippen LogP) is 1.27. The van der Waals surface area contributed by atoms with Gasteiger partial charge in [-0.3, -0.25) is 14.1 Å². The number of nitrogens with two attached hydrogens (primary N) is 2. The van der Waals surface area contributed by atoms with Gasteiger partial charge in [-0.25, -0.2) is 14.1 Å². The average Bonchev–Trinajstić information content (AvgIpc) is 3.53. The van der Waals surface area contributed by atoms with Crippen molar-refractivity contribution in [3.8, 4) is 5.75 Å². The lowest BCUT2D eigenvalue weighted by Crippen LogP contribution is -2.51. The summed E-state index contributed by atoms with van der Waals surface area (Å²) in [6.07, 6.45) is -2.26. The molecule has 1 aromatic carbocycles. The number of hydrogen-bond acceptors (Lipinski definition) is 12. The van der Waals surface area contributed by atoms with Crippen LogP contribution in [0.25, 0.3) is 5.52 Å². The van der Waals surface area contributed by atoms with E-state index in [4.69, 9.17) is 30.0 Å². The number of benzene rings is 1. The Morgan fingerprint density at radius 2 is 1.88 bits per heavy atom. The molecule has 1 fully saturated rings. The number of carbonyl (C=O) groups excluding carboxylic acids is 2.